The first-order chi connectivity index (χ1) is 6.63. The van der Waals surface area contributed by atoms with Gasteiger partial charge in [-0.2, -0.15) is 0 Å². The molecular weight excluding hydrogens is 238 g/mol. The van der Waals surface area contributed by atoms with E-state index < -0.39 is 0 Å². The van der Waals surface area contributed by atoms with E-state index in [2.05, 4.69) is 46.2 Å². The molecule has 0 aliphatic carbocycles. The fourth-order valence-corrected chi connectivity index (χ4v) is 1.71. The van der Waals surface area contributed by atoms with Crippen molar-refractivity contribution in [3.8, 4) is 12.3 Å². The topological polar surface area (TPSA) is 12.0 Å². The van der Waals surface area contributed by atoms with Crippen molar-refractivity contribution < 1.29 is 0 Å². The summed E-state index contributed by atoms with van der Waals surface area (Å²) in [4.78, 5) is 0. The minimum atomic E-state index is 0.101. The molecule has 0 aliphatic heterocycles. The van der Waals surface area contributed by atoms with Crippen LogP contribution in [0.5, 0.6) is 0 Å². The quantitative estimate of drug-likeness (QED) is 0.815. The van der Waals surface area contributed by atoms with Gasteiger partial charge < -0.3 is 0 Å². The highest BCUT2D eigenvalue weighted by Crippen LogP contribution is 2.17. The molecule has 0 saturated heterocycles. The Balaban J connectivity index is 2.70. The van der Waals surface area contributed by atoms with E-state index in [9.17, 15) is 0 Å². The van der Waals surface area contributed by atoms with Gasteiger partial charge in [-0.25, -0.2) is 0 Å². The number of nitrogens with one attached hydrogen (secondary N) is 1. The zero-order valence-electron chi connectivity index (χ0n) is 8.42. The first kappa shape index (κ1) is 11.3. The van der Waals surface area contributed by atoms with Gasteiger partial charge in [0.05, 0.1) is 6.04 Å². The van der Waals surface area contributed by atoms with Crippen molar-refractivity contribution in [2.75, 3.05) is 0 Å². The van der Waals surface area contributed by atoms with E-state index in [1.165, 1.54) is 5.56 Å². The molecule has 0 aliphatic rings. The Labute approximate surface area is 94.0 Å². The summed E-state index contributed by atoms with van der Waals surface area (Å²) >= 11 is 3.45. The maximum atomic E-state index is 5.31. The van der Waals surface area contributed by atoms with Crippen molar-refractivity contribution in [1.29, 1.82) is 0 Å². The van der Waals surface area contributed by atoms with Gasteiger partial charge in [-0.1, -0.05) is 34.0 Å². The van der Waals surface area contributed by atoms with Gasteiger partial charge in [-0.05, 0) is 31.5 Å². The fourth-order valence-electron chi connectivity index (χ4n) is 1.30. The number of halogens is 1. The van der Waals surface area contributed by atoms with E-state index in [4.69, 9.17) is 6.42 Å². The van der Waals surface area contributed by atoms with Gasteiger partial charge in [0.15, 0.2) is 0 Å². The number of hydrogen-bond donors (Lipinski definition) is 1. The highest BCUT2D eigenvalue weighted by atomic mass is 79.9. The smallest absolute Gasteiger partial charge is 0.0662 e. The molecule has 1 N–H and O–H groups in total. The van der Waals surface area contributed by atoms with Gasteiger partial charge in [0.25, 0.3) is 0 Å². The molecule has 1 nitrogen and oxygen atoms in total. The molecule has 0 amide bonds. The van der Waals surface area contributed by atoms with Crippen LogP contribution in [0.1, 0.15) is 25.5 Å². The zero-order valence-corrected chi connectivity index (χ0v) is 10.0. The van der Waals surface area contributed by atoms with E-state index in [-0.39, 0.29) is 12.1 Å². The second-order valence-corrected chi connectivity index (χ2v) is 4.25. The monoisotopic (exact) mass is 251 g/mol. The summed E-state index contributed by atoms with van der Waals surface area (Å²) in [5, 5.41) is 3.32. The van der Waals surface area contributed by atoms with Crippen LogP contribution in [0.15, 0.2) is 28.7 Å². The Bertz CT molecular complexity index is 340. The maximum absolute atomic E-state index is 5.31. The molecule has 1 aromatic carbocycles. The average molecular weight is 252 g/mol. The van der Waals surface area contributed by atoms with E-state index >= 15 is 0 Å². The summed E-state index contributed by atoms with van der Waals surface area (Å²) < 4.78 is 1.09. The summed E-state index contributed by atoms with van der Waals surface area (Å²) in [5.41, 5.74) is 1.24. The third-order valence-electron chi connectivity index (χ3n) is 2.10. The Morgan fingerprint density at radius 3 is 2.71 bits per heavy atom. The predicted octanol–water partition coefficient (Wildman–Crippen LogP) is 3.12. The highest BCUT2D eigenvalue weighted by Gasteiger charge is 2.07. The molecule has 14 heavy (non-hydrogen) atoms. The molecule has 1 aromatic rings. The fraction of sp³-hybridized carbons (Fsp3) is 0.333. The van der Waals surface area contributed by atoms with Crippen LogP contribution in [0.2, 0.25) is 0 Å². The van der Waals surface area contributed by atoms with E-state index in [0.29, 0.717) is 0 Å². The van der Waals surface area contributed by atoms with Crippen molar-refractivity contribution in [2.24, 2.45) is 0 Å². The molecule has 0 saturated carbocycles. The minimum absolute atomic E-state index is 0.101. The molecule has 74 valence electrons. The number of terminal acetylenes is 1. The highest BCUT2D eigenvalue weighted by molar-refractivity contribution is 9.10. The Morgan fingerprint density at radius 2 is 2.14 bits per heavy atom. The van der Waals surface area contributed by atoms with Crippen molar-refractivity contribution in [1.82, 2.24) is 5.32 Å². The van der Waals surface area contributed by atoms with Crippen LogP contribution >= 0.6 is 15.9 Å². The number of benzene rings is 1. The Hall–Kier alpha value is -0.780. The van der Waals surface area contributed by atoms with E-state index in [0.717, 1.165) is 4.47 Å². The molecule has 1 rings (SSSR count). The first-order valence-corrected chi connectivity index (χ1v) is 5.40. The molecule has 0 spiro atoms. The zero-order chi connectivity index (χ0) is 10.6. The lowest BCUT2D eigenvalue weighted by molar-refractivity contribution is 0.546. The predicted molar refractivity (Wildman–Crippen MR) is 64.0 cm³/mol. The molecule has 0 heterocycles. The van der Waals surface area contributed by atoms with Gasteiger partial charge >= 0.3 is 0 Å². The summed E-state index contributed by atoms with van der Waals surface area (Å²) in [6.45, 7) is 4.09. The van der Waals surface area contributed by atoms with Crippen LogP contribution in [-0.4, -0.2) is 6.04 Å². The van der Waals surface area contributed by atoms with Gasteiger partial charge in [0.1, 0.15) is 0 Å². The number of rotatable bonds is 3. The maximum Gasteiger partial charge on any atom is 0.0662 e. The standard InChI is InChI=1S/C12H14BrN/c1-4-9(2)14-10(3)11-6-5-7-12(13)8-11/h1,5-10,14H,2-3H3/t9?,10-/m0/s1. The Morgan fingerprint density at radius 1 is 1.43 bits per heavy atom. The van der Waals surface area contributed by atoms with Gasteiger partial charge in [0.2, 0.25) is 0 Å². The van der Waals surface area contributed by atoms with Crippen molar-refractivity contribution in [3.63, 3.8) is 0 Å². The molecule has 2 atom stereocenters. The van der Waals surface area contributed by atoms with Crippen LogP contribution in [0.3, 0.4) is 0 Å². The lowest BCUT2D eigenvalue weighted by atomic mass is 10.1. The average Bonchev–Trinajstić information content (AvgIpc) is 2.17. The van der Waals surface area contributed by atoms with Crippen LogP contribution in [0, 0.1) is 12.3 Å². The molecule has 0 radical (unpaired) electrons. The van der Waals surface area contributed by atoms with Crippen molar-refractivity contribution in [2.45, 2.75) is 25.9 Å². The van der Waals surface area contributed by atoms with E-state index in [1.54, 1.807) is 0 Å². The molecule has 0 fully saturated rings. The summed E-state index contributed by atoms with van der Waals surface area (Å²) in [5.74, 6) is 2.66. The van der Waals surface area contributed by atoms with Gasteiger partial charge in [0, 0.05) is 10.5 Å². The van der Waals surface area contributed by atoms with Crippen LogP contribution in [0.4, 0.5) is 0 Å². The van der Waals surface area contributed by atoms with Crippen molar-refractivity contribution >= 4 is 15.9 Å². The summed E-state index contributed by atoms with van der Waals surface area (Å²) in [6, 6.07) is 8.61. The first-order valence-electron chi connectivity index (χ1n) is 4.61. The van der Waals surface area contributed by atoms with Crippen LogP contribution < -0.4 is 5.32 Å². The largest absolute Gasteiger partial charge is 0.297 e. The molecule has 1 unspecified atom stereocenters. The molecule has 0 bridgehead atoms. The summed E-state index contributed by atoms with van der Waals surface area (Å²) in [6.07, 6.45) is 5.31. The van der Waals surface area contributed by atoms with Crippen LogP contribution in [0.25, 0.3) is 0 Å². The number of hydrogen-bond acceptors (Lipinski definition) is 1. The SMILES string of the molecule is C#CC(C)N[C@@H](C)c1cccc(Br)c1. The third-order valence-corrected chi connectivity index (χ3v) is 2.59. The van der Waals surface area contributed by atoms with Gasteiger partial charge in [-0.3, -0.25) is 5.32 Å². The van der Waals surface area contributed by atoms with Crippen molar-refractivity contribution in [3.05, 3.63) is 34.3 Å². The summed E-state index contributed by atoms with van der Waals surface area (Å²) in [7, 11) is 0. The van der Waals surface area contributed by atoms with E-state index in [1.807, 2.05) is 19.1 Å². The second-order valence-electron chi connectivity index (χ2n) is 3.33. The Kier molecular flexibility index (Phi) is 4.19. The molecule has 2 heteroatoms. The van der Waals surface area contributed by atoms with Gasteiger partial charge in [-0.15, -0.1) is 6.42 Å². The second kappa shape index (κ2) is 5.19. The third kappa shape index (κ3) is 3.17. The minimum Gasteiger partial charge on any atom is -0.297 e. The lowest BCUT2D eigenvalue weighted by Gasteiger charge is -2.16. The molecular formula is C12H14BrN. The lowest BCUT2D eigenvalue weighted by Crippen LogP contribution is -2.27. The molecule has 0 aromatic heterocycles. The van der Waals surface area contributed by atoms with Crippen LogP contribution in [-0.2, 0) is 0 Å². The normalized spacial score (nSPS) is 14.4.